The van der Waals surface area contributed by atoms with Crippen LogP contribution in [0.15, 0.2) is 35.7 Å². The molecule has 0 saturated carbocycles. The van der Waals surface area contributed by atoms with E-state index in [-0.39, 0.29) is 6.42 Å². The van der Waals surface area contributed by atoms with Gasteiger partial charge in [0, 0.05) is 17.0 Å². The van der Waals surface area contributed by atoms with Gasteiger partial charge in [0.05, 0.1) is 6.42 Å². The Kier molecular flexibility index (Phi) is 5.02. The summed E-state index contributed by atoms with van der Waals surface area (Å²) in [6, 6.07) is 7.81. The highest BCUT2D eigenvalue weighted by atomic mass is 32.1. The summed E-state index contributed by atoms with van der Waals surface area (Å²) in [7, 11) is 4.12. The van der Waals surface area contributed by atoms with E-state index < -0.39 is 5.97 Å². The van der Waals surface area contributed by atoms with Gasteiger partial charge in [0.1, 0.15) is 12.4 Å². The molecule has 0 unspecified atom stereocenters. The minimum Gasteiger partial charge on any atom is -0.487 e. The smallest absolute Gasteiger partial charge is 0.307 e. The second kappa shape index (κ2) is 7.20. The van der Waals surface area contributed by atoms with Crippen molar-refractivity contribution < 1.29 is 14.6 Å². The van der Waals surface area contributed by atoms with Crippen LogP contribution in [0.25, 0.3) is 5.57 Å². The molecular formula is C19H21NO3S. The summed E-state index contributed by atoms with van der Waals surface area (Å²) in [5.74, 6) is 0.00231. The minimum absolute atomic E-state index is 0.0226. The van der Waals surface area contributed by atoms with E-state index >= 15 is 0 Å². The van der Waals surface area contributed by atoms with Crippen LogP contribution in [-0.2, 0) is 17.8 Å². The first kappa shape index (κ1) is 16.7. The molecule has 24 heavy (non-hydrogen) atoms. The molecule has 1 aliphatic heterocycles. The van der Waals surface area contributed by atoms with Crippen molar-refractivity contribution in [2.24, 2.45) is 0 Å². The number of carboxylic acid groups (broad SMARTS) is 1. The Morgan fingerprint density at radius 1 is 1.33 bits per heavy atom. The largest absolute Gasteiger partial charge is 0.487 e. The minimum atomic E-state index is -0.821. The third-order valence-electron chi connectivity index (χ3n) is 4.01. The van der Waals surface area contributed by atoms with Gasteiger partial charge in [0.15, 0.2) is 0 Å². The van der Waals surface area contributed by atoms with E-state index in [0.717, 1.165) is 35.4 Å². The van der Waals surface area contributed by atoms with Crippen molar-refractivity contribution in [3.05, 3.63) is 57.3 Å². The number of benzene rings is 1. The fraction of sp³-hybridized carbons (Fsp3) is 0.316. The maximum absolute atomic E-state index is 11.0. The Labute approximate surface area is 146 Å². The van der Waals surface area contributed by atoms with Crippen molar-refractivity contribution in [3.8, 4) is 5.75 Å². The summed E-state index contributed by atoms with van der Waals surface area (Å²) in [5, 5.41) is 11.2. The highest BCUT2D eigenvalue weighted by Gasteiger charge is 2.20. The van der Waals surface area contributed by atoms with Gasteiger partial charge in [-0.15, -0.1) is 11.3 Å². The number of carboxylic acids is 1. The Hall–Kier alpha value is -2.11. The Morgan fingerprint density at radius 3 is 2.92 bits per heavy atom. The number of ether oxygens (including phenoxy) is 1. The zero-order valence-electron chi connectivity index (χ0n) is 13.9. The van der Waals surface area contributed by atoms with Crippen molar-refractivity contribution in [2.45, 2.75) is 19.4 Å². The number of carbonyl (C=O) groups is 1. The lowest BCUT2D eigenvalue weighted by Gasteiger charge is -2.12. The summed E-state index contributed by atoms with van der Waals surface area (Å²) in [6.45, 7) is 1.53. The number of hydrogen-bond donors (Lipinski definition) is 1. The molecule has 5 heteroatoms. The summed E-state index contributed by atoms with van der Waals surface area (Å²) < 4.78 is 5.96. The fourth-order valence-electron chi connectivity index (χ4n) is 2.87. The fourth-order valence-corrected chi connectivity index (χ4v) is 3.67. The van der Waals surface area contributed by atoms with Crippen LogP contribution in [0.5, 0.6) is 5.75 Å². The second-order valence-electron chi connectivity index (χ2n) is 6.16. The zero-order chi connectivity index (χ0) is 17.1. The first-order valence-corrected chi connectivity index (χ1v) is 8.82. The van der Waals surface area contributed by atoms with Crippen LogP contribution < -0.4 is 4.74 Å². The number of hydrogen-bond acceptors (Lipinski definition) is 4. The molecule has 0 bridgehead atoms. The van der Waals surface area contributed by atoms with Crippen LogP contribution in [0.4, 0.5) is 0 Å². The predicted octanol–water partition coefficient (Wildman–Crippen LogP) is 3.65. The predicted molar refractivity (Wildman–Crippen MR) is 96.7 cm³/mol. The molecule has 0 atom stereocenters. The van der Waals surface area contributed by atoms with Gasteiger partial charge in [-0.3, -0.25) is 4.79 Å². The number of thiophene rings is 1. The average molecular weight is 343 g/mol. The highest BCUT2D eigenvalue weighted by Crippen LogP contribution is 2.39. The lowest BCUT2D eigenvalue weighted by molar-refractivity contribution is -0.136. The van der Waals surface area contributed by atoms with E-state index in [0.29, 0.717) is 6.61 Å². The first-order chi connectivity index (χ1) is 11.5. The molecule has 1 aromatic heterocycles. The molecule has 4 nitrogen and oxygen atoms in total. The molecule has 0 aliphatic carbocycles. The first-order valence-electron chi connectivity index (χ1n) is 7.94. The van der Waals surface area contributed by atoms with Gasteiger partial charge in [-0.2, -0.15) is 0 Å². The van der Waals surface area contributed by atoms with Crippen LogP contribution in [0.2, 0.25) is 0 Å². The summed E-state index contributed by atoms with van der Waals surface area (Å²) in [4.78, 5) is 14.4. The van der Waals surface area contributed by atoms with Gasteiger partial charge in [-0.25, -0.2) is 0 Å². The molecular weight excluding hydrogens is 322 g/mol. The van der Waals surface area contributed by atoms with Gasteiger partial charge in [0.25, 0.3) is 0 Å². The van der Waals surface area contributed by atoms with Gasteiger partial charge >= 0.3 is 5.97 Å². The molecule has 0 amide bonds. The van der Waals surface area contributed by atoms with Crippen molar-refractivity contribution >= 4 is 22.9 Å². The standard InChI is InChI=1S/C19H21NO3S/c1-20(2)8-3-4-14-15-7-9-24-18(15)12-23-17-6-5-13(10-16(14)17)11-19(21)22/h4-7,9-10H,3,8,11-12H2,1-2H3,(H,21,22). The monoisotopic (exact) mass is 343 g/mol. The van der Waals surface area contributed by atoms with Crippen molar-refractivity contribution in [1.82, 2.24) is 4.90 Å². The van der Waals surface area contributed by atoms with Crippen LogP contribution in [0, 0.1) is 0 Å². The van der Waals surface area contributed by atoms with E-state index in [4.69, 9.17) is 9.84 Å². The lowest BCUT2D eigenvalue weighted by Crippen LogP contribution is -2.12. The zero-order valence-corrected chi connectivity index (χ0v) is 14.7. The van der Waals surface area contributed by atoms with E-state index in [1.54, 1.807) is 11.3 Å². The molecule has 1 aliphatic rings. The van der Waals surface area contributed by atoms with Crippen LogP contribution in [0.1, 0.15) is 28.0 Å². The summed E-state index contributed by atoms with van der Waals surface area (Å²) >= 11 is 1.70. The molecule has 0 radical (unpaired) electrons. The van der Waals surface area contributed by atoms with E-state index in [2.05, 4.69) is 36.5 Å². The third kappa shape index (κ3) is 3.68. The van der Waals surface area contributed by atoms with Crippen molar-refractivity contribution in [2.75, 3.05) is 20.6 Å². The SMILES string of the molecule is CN(C)CCC=C1c2cc(CC(=O)O)ccc2OCc2sccc21. The Morgan fingerprint density at radius 2 is 2.17 bits per heavy atom. The molecule has 0 fully saturated rings. The summed E-state index contributed by atoms with van der Waals surface area (Å²) in [6.07, 6.45) is 3.19. The summed E-state index contributed by atoms with van der Waals surface area (Å²) in [5.41, 5.74) is 4.13. The normalized spacial score (nSPS) is 14.9. The average Bonchev–Trinajstić information content (AvgIpc) is 2.92. The molecule has 1 N–H and O–H groups in total. The van der Waals surface area contributed by atoms with Gasteiger partial charge in [-0.1, -0.05) is 12.1 Å². The highest BCUT2D eigenvalue weighted by molar-refractivity contribution is 7.10. The molecule has 0 spiro atoms. The molecule has 3 rings (SSSR count). The van der Waals surface area contributed by atoms with E-state index in [1.165, 1.54) is 10.4 Å². The molecule has 0 saturated heterocycles. The number of rotatable bonds is 5. The van der Waals surface area contributed by atoms with Gasteiger partial charge < -0.3 is 14.7 Å². The Balaban J connectivity index is 2.04. The number of nitrogens with zero attached hydrogens (tertiary/aromatic N) is 1. The van der Waals surface area contributed by atoms with E-state index in [1.807, 2.05) is 18.2 Å². The maximum Gasteiger partial charge on any atom is 0.307 e. The number of aliphatic carboxylic acids is 1. The topological polar surface area (TPSA) is 49.8 Å². The van der Waals surface area contributed by atoms with Gasteiger partial charge in [-0.05, 0) is 60.8 Å². The van der Waals surface area contributed by atoms with E-state index in [9.17, 15) is 4.79 Å². The maximum atomic E-state index is 11.0. The Bertz CT molecular complexity index is 777. The molecule has 126 valence electrons. The number of fused-ring (bicyclic) bond motifs is 2. The van der Waals surface area contributed by atoms with Crippen molar-refractivity contribution in [1.29, 1.82) is 0 Å². The lowest BCUT2D eigenvalue weighted by atomic mass is 9.95. The third-order valence-corrected chi connectivity index (χ3v) is 4.90. The molecule has 2 heterocycles. The quantitative estimate of drug-likeness (QED) is 0.900. The van der Waals surface area contributed by atoms with Crippen molar-refractivity contribution in [3.63, 3.8) is 0 Å². The molecule has 1 aromatic carbocycles. The second-order valence-corrected chi connectivity index (χ2v) is 7.16. The van der Waals surface area contributed by atoms with Crippen LogP contribution in [0.3, 0.4) is 0 Å². The van der Waals surface area contributed by atoms with Crippen LogP contribution in [-0.4, -0.2) is 36.6 Å². The van der Waals surface area contributed by atoms with Gasteiger partial charge in [0.2, 0.25) is 0 Å². The molecule has 2 aromatic rings. The van der Waals surface area contributed by atoms with Crippen LogP contribution >= 0.6 is 11.3 Å².